The van der Waals surface area contributed by atoms with Crippen LogP contribution in [-0.2, 0) is 19.1 Å². The van der Waals surface area contributed by atoms with E-state index in [0.29, 0.717) is 0 Å². The summed E-state index contributed by atoms with van der Waals surface area (Å²) in [5, 5.41) is 13.9. The zero-order valence-electron chi connectivity index (χ0n) is 20.6. The fraction of sp³-hybridized carbons (Fsp3) is 0.276. The summed E-state index contributed by atoms with van der Waals surface area (Å²) < 4.78 is 3.78. The summed E-state index contributed by atoms with van der Waals surface area (Å²) in [4.78, 5) is 39.8. The van der Waals surface area contributed by atoms with Gasteiger partial charge in [-0.1, -0.05) is 68.4 Å². The van der Waals surface area contributed by atoms with Gasteiger partial charge in [0.1, 0.15) is 23.2 Å². The Hall–Kier alpha value is -2.82. The Morgan fingerprint density at radius 3 is 1.50 bits per heavy atom. The first-order chi connectivity index (χ1) is 17.1. The molecule has 0 amide bonds. The van der Waals surface area contributed by atoms with Crippen LogP contribution in [0.15, 0.2) is 91.0 Å². The van der Waals surface area contributed by atoms with Crippen molar-refractivity contribution in [1.29, 1.82) is 0 Å². The van der Waals surface area contributed by atoms with Gasteiger partial charge in [-0.2, -0.15) is 0 Å². The summed E-state index contributed by atoms with van der Waals surface area (Å²) in [5.74, 6) is -2.37. The van der Waals surface area contributed by atoms with E-state index in [0.717, 1.165) is 15.9 Å². The minimum absolute atomic E-state index is 0.0836. The molecule has 0 bridgehead atoms. The highest BCUT2D eigenvalue weighted by Crippen LogP contribution is 2.70. The highest BCUT2D eigenvalue weighted by molar-refractivity contribution is 9.12. The molecule has 5 nitrogen and oxygen atoms in total. The molecule has 0 spiro atoms. The van der Waals surface area contributed by atoms with E-state index in [2.05, 4.69) is 15.9 Å². The normalized spacial score (nSPS) is 13.4. The number of carboxylic acids is 1. The van der Waals surface area contributed by atoms with Gasteiger partial charge in [0.2, 0.25) is 0 Å². The molecule has 0 N–H and O–H groups in total. The van der Waals surface area contributed by atoms with Crippen LogP contribution in [0.4, 0.5) is 0 Å². The van der Waals surface area contributed by atoms with Crippen LogP contribution in [0.25, 0.3) is 0 Å². The number of rotatable bonds is 11. The van der Waals surface area contributed by atoms with Crippen molar-refractivity contribution in [1.82, 2.24) is 0 Å². The quantitative estimate of drug-likeness (QED) is 0.152. The lowest BCUT2D eigenvalue weighted by molar-refractivity contribution is -0.307. The van der Waals surface area contributed by atoms with Crippen molar-refractivity contribution in [2.24, 2.45) is 5.41 Å². The van der Waals surface area contributed by atoms with E-state index in [1.54, 1.807) is 20.8 Å². The van der Waals surface area contributed by atoms with E-state index in [4.69, 9.17) is 4.74 Å². The molecule has 0 saturated carbocycles. The molecule has 36 heavy (non-hydrogen) atoms. The third kappa shape index (κ3) is 5.30. The second-order valence-corrected chi connectivity index (χ2v) is 14.7. The monoisotopic (exact) mass is 568 g/mol. The number of carboxylic acid groups (broad SMARTS) is 1. The van der Waals surface area contributed by atoms with Crippen LogP contribution < -0.4 is 21.0 Å². The smallest absolute Gasteiger partial charge is 0.370 e. The maximum absolute atomic E-state index is 14.4. The van der Waals surface area contributed by atoms with E-state index >= 15 is 0 Å². The summed E-state index contributed by atoms with van der Waals surface area (Å²) in [6, 6.07) is 28.6. The van der Waals surface area contributed by atoms with Crippen LogP contribution in [0.3, 0.4) is 0 Å². The Labute approximate surface area is 221 Å². The molecule has 1 atom stereocenters. The van der Waals surface area contributed by atoms with Crippen LogP contribution in [-0.4, -0.2) is 28.4 Å². The lowest BCUT2D eigenvalue weighted by atomic mass is 9.83. The summed E-state index contributed by atoms with van der Waals surface area (Å²) >= 11 is 3.73. The average Bonchev–Trinajstić information content (AvgIpc) is 2.85. The van der Waals surface area contributed by atoms with Gasteiger partial charge in [-0.3, -0.25) is 4.79 Å². The number of carbonyl (C=O) groups is 3. The van der Waals surface area contributed by atoms with Gasteiger partial charge in [0.25, 0.3) is 4.07 Å². The lowest BCUT2D eigenvalue weighted by Crippen LogP contribution is -2.54. The number of halogens is 1. The summed E-state index contributed by atoms with van der Waals surface area (Å²) in [7, 11) is -3.11. The molecule has 3 aromatic rings. The molecule has 0 aliphatic carbocycles. The summed E-state index contributed by atoms with van der Waals surface area (Å²) in [5.41, 5.74) is -0.943. The van der Waals surface area contributed by atoms with Crippen molar-refractivity contribution in [2.45, 2.75) is 37.7 Å². The van der Waals surface area contributed by atoms with Gasteiger partial charge in [-0.15, -0.1) is 0 Å². The second-order valence-electron chi connectivity index (χ2n) is 9.33. The largest absolute Gasteiger partial charge is 0.550 e. The molecule has 0 fully saturated rings. The number of ketones is 1. The van der Waals surface area contributed by atoms with Crippen LogP contribution in [0.5, 0.6) is 0 Å². The number of hydrogen-bond donors (Lipinski definition) is 0. The number of hydrogen-bond acceptors (Lipinski definition) is 5. The SMILES string of the molecule is CCOC(=O)C(Br)(C(=O)CC(C)(C)CC(=O)[O-])[P+](c1ccccc1)(c1ccccc1)c1ccccc1. The van der Waals surface area contributed by atoms with Gasteiger partial charge in [0.05, 0.1) is 6.61 Å². The van der Waals surface area contributed by atoms with Crippen LogP contribution >= 0.6 is 23.2 Å². The second kappa shape index (κ2) is 11.5. The van der Waals surface area contributed by atoms with Crippen LogP contribution in [0.1, 0.15) is 33.6 Å². The third-order valence-corrected chi connectivity index (χ3v) is 13.0. The summed E-state index contributed by atoms with van der Waals surface area (Å²) in [6.45, 7) is 5.16. The highest BCUT2D eigenvalue weighted by Gasteiger charge is 2.71. The Morgan fingerprint density at radius 2 is 1.17 bits per heavy atom. The Bertz CT molecular complexity index is 1100. The first kappa shape index (κ1) is 27.8. The molecule has 188 valence electrons. The van der Waals surface area contributed by atoms with Crippen molar-refractivity contribution in [3.63, 3.8) is 0 Å². The molecule has 7 heteroatoms. The minimum atomic E-state index is -3.11. The molecule has 0 aliphatic rings. The Balaban J connectivity index is 2.44. The first-order valence-corrected chi connectivity index (χ1v) is 14.3. The fourth-order valence-electron chi connectivity index (χ4n) is 4.61. The number of benzene rings is 3. The zero-order chi connectivity index (χ0) is 26.4. The maximum Gasteiger partial charge on any atom is 0.370 e. The number of esters is 1. The zero-order valence-corrected chi connectivity index (χ0v) is 23.1. The molecule has 0 radical (unpaired) electrons. The van der Waals surface area contributed by atoms with Crippen LogP contribution in [0, 0.1) is 5.41 Å². The van der Waals surface area contributed by atoms with Gasteiger partial charge in [-0.05, 0) is 71.1 Å². The Morgan fingerprint density at radius 1 is 0.778 bits per heavy atom. The highest BCUT2D eigenvalue weighted by atomic mass is 79.9. The first-order valence-electron chi connectivity index (χ1n) is 11.7. The standard InChI is InChI=1S/C29H30BrO5P/c1-4-35-27(34)29(30,25(31)20-28(2,3)21-26(32)33)36(22-14-8-5-9-15-22,23-16-10-6-11-17-23)24-18-12-7-13-19-24/h5-19H,4,20-21H2,1-3H3. The number of Topliss-reactive ketones (excluding diaryl/α,β-unsaturated/α-hetero) is 1. The van der Waals surface area contributed by atoms with Gasteiger partial charge >= 0.3 is 5.97 Å². The van der Waals surface area contributed by atoms with Crippen molar-refractivity contribution < 1.29 is 24.2 Å². The van der Waals surface area contributed by atoms with Gasteiger partial charge in [-0.25, -0.2) is 4.79 Å². The van der Waals surface area contributed by atoms with E-state index in [1.165, 1.54) is 0 Å². The lowest BCUT2D eigenvalue weighted by Gasteiger charge is -2.39. The number of alkyl halides is 1. The molecule has 0 aliphatic heterocycles. The van der Waals surface area contributed by atoms with Gasteiger partial charge < -0.3 is 14.6 Å². The molecule has 0 saturated heterocycles. The van der Waals surface area contributed by atoms with E-state index in [9.17, 15) is 19.5 Å². The molecular weight excluding hydrogens is 539 g/mol. The molecule has 0 aromatic heterocycles. The third-order valence-electron chi connectivity index (χ3n) is 6.07. The molecule has 3 aromatic carbocycles. The van der Waals surface area contributed by atoms with Crippen molar-refractivity contribution in [3.8, 4) is 0 Å². The van der Waals surface area contributed by atoms with Crippen molar-refractivity contribution >= 4 is 56.8 Å². The predicted molar refractivity (Wildman–Crippen MR) is 146 cm³/mol. The topological polar surface area (TPSA) is 83.5 Å². The molecular formula is C29H30BrO5P. The van der Waals surface area contributed by atoms with Crippen molar-refractivity contribution in [2.75, 3.05) is 6.61 Å². The summed E-state index contributed by atoms with van der Waals surface area (Å²) in [6.07, 6.45) is -0.489. The predicted octanol–water partition coefficient (Wildman–Crippen LogP) is 3.76. The molecule has 0 heterocycles. The molecule has 1 unspecified atom stereocenters. The van der Waals surface area contributed by atoms with Gasteiger partial charge in [0, 0.05) is 12.4 Å². The van der Waals surface area contributed by atoms with Crippen LogP contribution in [0.2, 0.25) is 0 Å². The molecule has 3 rings (SSSR count). The van der Waals surface area contributed by atoms with E-state index < -0.39 is 34.5 Å². The maximum atomic E-state index is 14.4. The average molecular weight is 569 g/mol. The van der Waals surface area contributed by atoms with Crippen molar-refractivity contribution in [3.05, 3.63) is 91.0 Å². The minimum Gasteiger partial charge on any atom is -0.550 e. The number of carbonyl (C=O) groups excluding carboxylic acids is 3. The fourth-order valence-corrected chi connectivity index (χ4v) is 11.3. The number of ether oxygens (including phenoxy) is 1. The van der Waals surface area contributed by atoms with E-state index in [1.807, 2.05) is 91.0 Å². The van der Waals surface area contributed by atoms with Gasteiger partial charge in [0.15, 0.2) is 5.78 Å². The van der Waals surface area contributed by atoms with E-state index in [-0.39, 0.29) is 19.4 Å². The number of aliphatic carboxylic acids is 1. The Kier molecular flexibility index (Phi) is 8.86.